The van der Waals surface area contributed by atoms with Crippen LogP contribution in [0.25, 0.3) is 0 Å². The number of amides is 1. The third-order valence-electron chi connectivity index (χ3n) is 4.95. The minimum Gasteiger partial charge on any atom is -0.486 e. The van der Waals surface area contributed by atoms with Crippen LogP contribution in [0.1, 0.15) is 32.2 Å². The molecule has 4 rings (SSSR count). The lowest BCUT2D eigenvalue weighted by Crippen LogP contribution is -2.12. The van der Waals surface area contributed by atoms with Crippen LogP contribution in [0.3, 0.4) is 0 Å². The standard InChI is InChI=1S/C24H21F2N3O2S/c1-15-23(16(2)29(28-15)12-17-6-5-7-19(25)10-17)27-24(30)22-11-18(14-32-22)13-31-21-9-4-3-8-20(21)26/h3-11,14H,12-13H2,1-2H3,(H,27,30). The molecule has 0 aliphatic carbocycles. The van der Waals surface area contributed by atoms with Gasteiger partial charge in [0.25, 0.3) is 5.91 Å². The van der Waals surface area contributed by atoms with Crippen molar-refractivity contribution in [3.05, 3.63) is 99.0 Å². The summed E-state index contributed by atoms with van der Waals surface area (Å²) in [5.74, 6) is -0.822. The van der Waals surface area contributed by atoms with Crippen molar-refractivity contribution in [2.75, 3.05) is 5.32 Å². The van der Waals surface area contributed by atoms with Gasteiger partial charge in [-0.1, -0.05) is 24.3 Å². The van der Waals surface area contributed by atoms with Crippen molar-refractivity contribution in [2.45, 2.75) is 27.0 Å². The summed E-state index contributed by atoms with van der Waals surface area (Å²) in [7, 11) is 0. The normalized spacial score (nSPS) is 10.9. The molecule has 0 aliphatic heterocycles. The van der Waals surface area contributed by atoms with Crippen LogP contribution in [0.15, 0.2) is 60.0 Å². The zero-order valence-electron chi connectivity index (χ0n) is 17.6. The Kier molecular flexibility index (Phi) is 6.32. The maximum absolute atomic E-state index is 13.7. The van der Waals surface area contributed by atoms with E-state index in [1.807, 2.05) is 25.3 Å². The molecule has 0 spiro atoms. The number of ether oxygens (including phenoxy) is 1. The molecule has 4 aromatic rings. The van der Waals surface area contributed by atoms with Gasteiger partial charge in [0.1, 0.15) is 12.4 Å². The molecule has 2 aromatic heterocycles. The average Bonchev–Trinajstić information content (AvgIpc) is 3.34. The Balaban J connectivity index is 1.43. The summed E-state index contributed by atoms with van der Waals surface area (Å²) in [6.45, 7) is 4.23. The summed E-state index contributed by atoms with van der Waals surface area (Å²) >= 11 is 1.28. The first-order valence-electron chi connectivity index (χ1n) is 9.95. The number of nitrogens with one attached hydrogen (secondary N) is 1. The number of rotatable bonds is 7. The number of anilines is 1. The van der Waals surface area contributed by atoms with Gasteiger partial charge in [-0.15, -0.1) is 11.3 Å². The number of hydrogen-bond acceptors (Lipinski definition) is 4. The fraction of sp³-hybridized carbons (Fsp3) is 0.167. The molecular formula is C24H21F2N3O2S. The van der Waals surface area contributed by atoms with Crippen molar-refractivity contribution >= 4 is 22.9 Å². The molecule has 2 aromatic carbocycles. The zero-order chi connectivity index (χ0) is 22.7. The second-order valence-corrected chi connectivity index (χ2v) is 8.24. The van der Waals surface area contributed by atoms with E-state index in [4.69, 9.17) is 4.74 Å². The second-order valence-electron chi connectivity index (χ2n) is 7.33. The lowest BCUT2D eigenvalue weighted by atomic mass is 10.2. The van der Waals surface area contributed by atoms with Crippen molar-refractivity contribution < 1.29 is 18.3 Å². The predicted molar refractivity (Wildman–Crippen MR) is 120 cm³/mol. The minimum absolute atomic E-state index is 0.161. The molecule has 0 unspecified atom stereocenters. The van der Waals surface area contributed by atoms with Gasteiger partial charge in [0, 0.05) is 5.56 Å². The van der Waals surface area contributed by atoms with E-state index in [0.29, 0.717) is 22.8 Å². The number of thiophene rings is 1. The number of nitrogens with zero attached hydrogens (tertiary/aromatic N) is 2. The summed E-state index contributed by atoms with van der Waals surface area (Å²) in [6.07, 6.45) is 0. The first-order chi connectivity index (χ1) is 15.4. The summed E-state index contributed by atoms with van der Waals surface area (Å²) < 4.78 is 34.4. The van der Waals surface area contributed by atoms with Gasteiger partial charge >= 0.3 is 0 Å². The molecule has 0 atom stereocenters. The van der Waals surface area contributed by atoms with Gasteiger partial charge in [0.05, 0.1) is 28.5 Å². The topological polar surface area (TPSA) is 56.2 Å². The quantitative estimate of drug-likeness (QED) is 0.389. The molecule has 0 radical (unpaired) electrons. The Morgan fingerprint density at radius 1 is 1.09 bits per heavy atom. The van der Waals surface area contributed by atoms with Crippen LogP contribution in [0, 0.1) is 25.5 Å². The lowest BCUT2D eigenvalue weighted by Gasteiger charge is -2.07. The Bertz CT molecular complexity index is 1270. The number of benzene rings is 2. The van der Waals surface area contributed by atoms with E-state index < -0.39 is 5.82 Å². The minimum atomic E-state index is -0.429. The second kappa shape index (κ2) is 9.32. The number of hydrogen-bond donors (Lipinski definition) is 1. The number of aryl methyl sites for hydroxylation is 1. The van der Waals surface area contributed by atoms with E-state index in [1.165, 1.54) is 29.5 Å². The third kappa shape index (κ3) is 4.86. The van der Waals surface area contributed by atoms with Gasteiger partial charge in [0.2, 0.25) is 0 Å². The molecule has 164 valence electrons. The Morgan fingerprint density at radius 3 is 2.69 bits per heavy atom. The summed E-state index contributed by atoms with van der Waals surface area (Å²) in [5.41, 5.74) is 3.64. The van der Waals surface area contributed by atoms with E-state index in [-0.39, 0.29) is 24.1 Å². The van der Waals surface area contributed by atoms with Crippen LogP contribution in [0.5, 0.6) is 5.75 Å². The van der Waals surface area contributed by atoms with E-state index >= 15 is 0 Å². The van der Waals surface area contributed by atoms with Crippen LogP contribution in [-0.4, -0.2) is 15.7 Å². The summed E-state index contributed by atoms with van der Waals surface area (Å²) in [5, 5.41) is 9.22. The summed E-state index contributed by atoms with van der Waals surface area (Å²) in [6, 6.07) is 14.3. The van der Waals surface area contributed by atoms with Crippen molar-refractivity contribution in [1.29, 1.82) is 0 Å². The van der Waals surface area contributed by atoms with E-state index in [2.05, 4.69) is 10.4 Å². The van der Waals surface area contributed by atoms with Crippen LogP contribution in [-0.2, 0) is 13.2 Å². The molecule has 1 N–H and O–H groups in total. The first kappa shape index (κ1) is 21.7. The van der Waals surface area contributed by atoms with Gasteiger partial charge in [-0.05, 0) is 55.1 Å². The molecule has 5 nitrogen and oxygen atoms in total. The molecule has 1 amide bonds. The van der Waals surface area contributed by atoms with E-state index in [0.717, 1.165) is 16.8 Å². The Hall–Kier alpha value is -3.52. The van der Waals surface area contributed by atoms with Gasteiger partial charge < -0.3 is 10.1 Å². The third-order valence-corrected chi connectivity index (χ3v) is 5.93. The molecule has 0 saturated carbocycles. The molecule has 0 fully saturated rings. The predicted octanol–water partition coefficient (Wildman–Crippen LogP) is 5.72. The summed E-state index contributed by atoms with van der Waals surface area (Å²) in [4.78, 5) is 13.3. The molecule has 0 saturated heterocycles. The number of halogens is 2. The highest BCUT2D eigenvalue weighted by atomic mass is 32.1. The molecule has 32 heavy (non-hydrogen) atoms. The van der Waals surface area contributed by atoms with Crippen molar-refractivity contribution in [3.8, 4) is 5.75 Å². The van der Waals surface area contributed by atoms with Crippen LogP contribution < -0.4 is 10.1 Å². The van der Waals surface area contributed by atoms with E-state index in [9.17, 15) is 13.6 Å². The zero-order valence-corrected chi connectivity index (χ0v) is 18.4. The van der Waals surface area contributed by atoms with Crippen LogP contribution in [0.2, 0.25) is 0 Å². The Labute approximate surface area is 188 Å². The SMILES string of the molecule is Cc1nn(Cc2cccc(F)c2)c(C)c1NC(=O)c1cc(COc2ccccc2F)cs1. The monoisotopic (exact) mass is 453 g/mol. The van der Waals surface area contributed by atoms with Gasteiger partial charge in [0.15, 0.2) is 11.6 Å². The van der Waals surface area contributed by atoms with Gasteiger partial charge in [-0.25, -0.2) is 8.78 Å². The first-order valence-corrected chi connectivity index (χ1v) is 10.8. The van der Waals surface area contributed by atoms with E-state index in [1.54, 1.807) is 35.0 Å². The van der Waals surface area contributed by atoms with Crippen LogP contribution in [0.4, 0.5) is 14.5 Å². The largest absolute Gasteiger partial charge is 0.486 e. The fourth-order valence-corrected chi connectivity index (χ4v) is 4.10. The highest BCUT2D eigenvalue weighted by Crippen LogP contribution is 2.24. The van der Waals surface area contributed by atoms with Crippen molar-refractivity contribution in [2.24, 2.45) is 0 Å². The maximum Gasteiger partial charge on any atom is 0.265 e. The Morgan fingerprint density at radius 2 is 1.91 bits per heavy atom. The lowest BCUT2D eigenvalue weighted by molar-refractivity contribution is 0.103. The van der Waals surface area contributed by atoms with Crippen LogP contribution >= 0.6 is 11.3 Å². The molecule has 0 aliphatic rings. The molecular weight excluding hydrogens is 432 g/mol. The van der Waals surface area contributed by atoms with Crippen molar-refractivity contribution in [1.82, 2.24) is 9.78 Å². The van der Waals surface area contributed by atoms with Crippen molar-refractivity contribution in [3.63, 3.8) is 0 Å². The average molecular weight is 454 g/mol. The highest BCUT2D eigenvalue weighted by Gasteiger charge is 2.17. The number of aromatic nitrogens is 2. The molecule has 8 heteroatoms. The number of carbonyl (C=O) groups excluding carboxylic acids is 1. The highest BCUT2D eigenvalue weighted by molar-refractivity contribution is 7.12. The fourth-order valence-electron chi connectivity index (χ4n) is 3.31. The van der Waals surface area contributed by atoms with Gasteiger partial charge in [-0.2, -0.15) is 5.10 Å². The molecule has 0 bridgehead atoms. The smallest absolute Gasteiger partial charge is 0.265 e. The number of carbonyl (C=O) groups is 1. The van der Waals surface area contributed by atoms with Gasteiger partial charge in [-0.3, -0.25) is 9.48 Å². The number of para-hydroxylation sites is 1. The molecule has 2 heterocycles. The maximum atomic E-state index is 13.7.